The number of hydrogen-bond donors (Lipinski definition) is 1. The van der Waals surface area contributed by atoms with E-state index in [1.165, 1.54) is 12.1 Å². The molecule has 0 bridgehead atoms. The van der Waals surface area contributed by atoms with Gasteiger partial charge in [-0.1, -0.05) is 54.1 Å². The van der Waals surface area contributed by atoms with Crippen LogP contribution in [0.25, 0.3) is 6.08 Å². The molecule has 1 aliphatic heterocycles. The molecular formula is C25H18ClFN2O4S. The van der Waals surface area contributed by atoms with Crippen molar-refractivity contribution in [2.24, 2.45) is 0 Å². The molecule has 0 spiro atoms. The molecule has 0 aliphatic carbocycles. The van der Waals surface area contributed by atoms with Gasteiger partial charge in [0.25, 0.3) is 11.1 Å². The van der Waals surface area contributed by atoms with Crippen molar-refractivity contribution < 1.29 is 23.5 Å². The summed E-state index contributed by atoms with van der Waals surface area (Å²) in [7, 11) is 0. The third kappa shape index (κ3) is 5.84. The molecule has 6 nitrogen and oxygen atoms in total. The lowest BCUT2D eigenvalue weighted by atomic mass is 10.2. The van der Waals surface area contributed by atoms with Crippen molar-refractivity contribution in [3.05, 3.63) is 99.7 Å². The van der Waals surface area contributed by atoms with Gasteiger partial charge in [-0.05, 0) is 59.3 Å². The minimum Gasteiger partial charge on any atom is -0.489 e. The summed E-state index contributed by atoms with van der Waals surface area (Å²) in [5.41, 5.74) is 1.96. The SMILES string of the molecule is O=C(CN1C(=O)S/C(=C/c2cccc(OCc3ccccc3)c2)C1=O)Nc1ccc(F)c(Cl)c1. The minimum atomic E-state index is -0.620. The first-order valence-corrected chi connectivity index (χ1v) is 11.4. The number of ether oxygens (including phenoxy) is 1. The molecule has 1 N–H and O–H groups in total. The Morgan fingerprint density at radius 3 is 2.62 bits per heavy atom. The third-order valence-corrected chi connectivity index (χ3v) is 5.98. The van der Waals surface area contributed by atoms with Crippen molar-refractivity contribution in [3.8, 4) is 5.75 Å². The summed E-state index contributed by atoms with van der Waals surface area (Å²) in [5.74, 6) is -1.18. The largest absolute Gasteiger partial charge is 0.489 e. The molecule has 0 aromatic heterocycles. The first-order valence-electron chi connectivity index (χ1n) is 10.2. The zero-order valence-corrected chi connectivity index (χ0v) is 19.2. The van der Waals surface area contributed by atoms with E-state index in [2.05, 4.69) is 5.32 Å². The molecular weight excluding hydrogens is 479 g/mol. The second kappa shape index (κ2) is 10.5. The zero-order valence-electron chi connectivity index (χ0n) is 17.7. The topological polar surface area (TPSA) is 75.7 Å². The van der Waals surface area contributed by atoms with Crippen LogP contribution in [0.15, 0.2) is 77.7 Å². The van der Waals surface area contributed by atoms with Gasteiger partial charge in [0.2, 0.25) is 5.91 Å². The van der Waals surface area contributed by atoms with Gasteiger partial charge in [-0.25, -0.2) is 4.39 Å². The van der Waals surface area contributed by atoms with Crippen LogP contribution in [0.5, 0.6) is 5.75 Å². The van der Waals surface area contributed by atoms with Gasteiger partial charge < -0.3 is 10.1 Å². The van der Waals surface area contributed by atoms with E-state index in [4.69, 9.17) is 16.3 Å². The molecule has 172 valence electrons. The van der Waals surface area contributed by atoms with Gasteiger partial charge in [0.15, 0.2) is 0 Å². The van der Waals surface area contributed by atoms with Gasteiger partial charge in [-0.3, -0.25) is 19.3 Å². The van der Waals surface area contributed by atoms with Gasteiger partial charge in [0.1, 0.15) is 24.7 Å². The lowest BCUT2D eigenvalue weighted by Gasteiger charge is -2.12. The van der Waals surface area contributed by atoms with Crippen molar-refractivity contribution in [1.29, 1.82) is 0 Å². The Hall–Kier alpha value is -3.62. The number of benzene rings is 3. The van der Waals surface area contributed by atoms with Crippen LogP contribution < -0.4 is 10.1 Å². The minimum absolute atomic E-state index is 0.151. The van der Waals surface area contributed by atoms with Crippen LogP contribution >= 0.6 is 23.4 Å². The number of nitrogens with zero attached hydrogens (tertiary/aromatic N) is 1. The molecule has 0 saturated carbocycles. The van der Waals surface area contributed by atoms with Gasteiger partial charge in [0, 0.05) is 5.69 Å². The Morgan fingerprint density at radius 2 is 1.85 bits per heavy atom. The number of thioether (sulfide) groups is 1. The molecule has 1 aliphatic rings. The first-order chi connectivity index (χ1) is 16.4. The molecule has 3 aromatic rings. The summed E-state index contributed by atoms with van der Waals surface area (Å²) >= 11 is 6.46. The van der Waals surface area contributed by atoms with E-state index in [0.717, 1.165) is 28.3 Å². The number of carbonyl (C=O) groups excluding carboxylic acids is 3. The van der Waals surface area contributed by atoms with Crippen molar-refractivity contribution >= 4 is 52.2 Å². The average Bonchev–Trinajstić information content (AvgIpc) is 3.08. The summed E-state index contributed by atoms with van der Waals surface area (Å²) in [4.78, 5) is 38.5. The van der Waals surface area contributed by atoms with Gasteiger partial charge >= 0.3 is 0 Å². The third-order valence-electron chi connectivity index (χ3n) is 4.78. The summed E-state index contributed by atoms with van der Waals surface area (Å²) in [5, 5.41) is 1.79. The number of anilines is 1. The highest BCUT2D eigenvalue weighted by atomic mass is 35.5. The van der Waals surface area contributed by atoms with E-state index in [9.17, 15) is 18.8 Å². The molecule has 3 amide bonds. The molecule has 3 aromatic carbocycles. The number of amides is 3. The summed E-state index contributed by atoms with van der Waals surface area (Å²) in [6.07, 6.45) is 1.58. The van der Waals surface area contributed by atoms with E-state index in [-0.39, 0.29) is 15.6 Å². The normalized spacial score (nSPS) is 14.5. The van der Waals surface area contributed by atoms with Crippen molar-refractivity contribution in [2.75, 3.05) is 11.9 Å². The zero-order chi connectivity index (χ0) is 24.1. The predicted molar refractivity (Wildman–Crippen MR) is 130 cm³/mol. The monoisotopic (exact) mass is 496 g/mol. The standard InChI is InChI=1S/C25H18ClFN2O4S/c26-20-13-18(9-10-21(20)27)28-23(30)14-29-24(31)22(34-25(29)32)12-17-7-4-8-19(11-17)33-15-16-5-2-1-3-6-16/h1-13H,14-15H2,(H,28,30)/b22-12+. The summed E-state index contributed by atoms with van der Waals surface area (Å²) in [6.45, 7) is -0.0770. The molecule has 1 saturated heterocycles. The van der Waals surface area contributed by atoms with E-state index in [0.29, 0.717) is 17.9 Å². The van der Waals surface area contributed by atoms with Gasteiger partial charge in [-0.2, -0.15) is 0 Å². The summed E-state index contributed by atoms with van der Waals surface area (Å²) in [6, 6.07) is 20.5. The quantitative estimate of drug-likeness (QED) is 0.422. The van der Waals surface area contributed by atoms with Crippen LogP contribution in [0.2, 0.25) is 5.02 Å². The number of halogens is 2. The maximum Gasteiger partial charge on any atom is 0.294 e. The smallest absolute Gasteiger partial charge is 0.294 e. The predicted octanol–water partition coefficient (Wildman–Crippen LogP) is 5.73. The molecule has 9 heteroatoms. The average molecular weight is 497 g/mol. The molecule has 0 radical (unpaired) electrons. The Balaban J connectivity index is 1.40. The number of rotatable bonds is 7. The van der Waals surface area contributed by atoms with Crippen LogP contribution in [0, 0.1) is 5.82 Å². The highest BCUT2D eigenvalue weighted by Gasteiger charge is 2.36. The van der Waals surface area contributed by atoms with Gasteiger partial charge in [0.05, 0.1) is 9.93 Å². The Kier molecular flexibility index (Phi) is 7.30. The van der Waals surface area contributed by atoms with E-state index in [1.807, 2.05) is 30.3 Å². The van der Waals surface area contributed by atoms with Crippen LogP contribution in [0.1, 0.15) is 11.1 Å². The van der Waals surface area contributed by atoms with E-state index < -0.39 is 29.4 Å². The number of hydrogen-bond acceptors (Lipinski definition) is 5. The Bertz CT molecular complexity index is 1280. The second-order valence-corrected chi connectivity index (χ2v) is 8.69. The molecule has 0 atom stereocenters. The number of nitrogens with one attached hydrogen (secondary N) is 1. The Morgan fingerprint density at radius 1 is 1.06 bits per heavy atom. The maximum absolute atomic E-state index is 13.3. The summed E-state index contributed by atoms with van der Waals surface area (Å²) < 4.78 is 19.1. The fourth-order valence-corrected chi connectivity index (χ4v) is 4.16. The molecule has 34 heavy (non-hydrogen) atoms. The molecule has 0 unspecified atom stereocenters. The molecule has 4 rings (SSSR count). The molecule has 1 heterocycles. The van der Waals surface area contributed by atoms with Crippen LogP contribution in [-0.4, -0.2) is 28.5 Å². The highest BCUT2D eigenvalue weighted by molar-refractivity contribution is 8.18. The van der Waals surface area contributed by atoms with E-state index >= 15 is 0 Å². The first kappa shape index (κ1) is 23.5. The lowest BCUT2D eigenvalue weighted by molar-refractivity contribution is -0.127. The van der Waals surface area contributed by atoms with Crippen LogP contribution in [0.3, 0.4) is 0 Å². The fourth-order valence-electron chi connectivity index (χ4n) is 3.14. The van der Waals surface area contributed by atoms with Crippen molar-refractivity contribution in [1.82, 2.24) is 4.90 Å². The van der Waals surface area contributed by atoms with Gasteiger partial charge in [-0.15, -0.1) is 0 Å². The van der Waals surface area contributed by atoms with E-state index in [1.54, 1.807) is 30.3 Å². The second-order valence-electron chi connectivity index (χ2n) is 7.29. The van der Waals surface area contributed by atoms with Crippen LogP contribution in [0.4, 0.5) is 14.9 Å². The highest BCUT2D eigenvalue weighted by Crippen LogP contribution is 2.32. The van der Waals surface area contributed by atoms with Crippen molar-refractivity contribution in [2.45, 2.75) is 6.61 Å². The number of imide groups is 1. The maximum atomic E-state index is 13.3. The van der Waals surface area contributed by atoms with Crippen LogP contribution in [-0.2, 0) is 16.2 Å². The Labute approximate surface area is 204 Å². The molecule has 1 fully saturated rings. The van der Waals surface area contributed by atoms with Crippen molar-refractivity contribution in [3.63, 3.8) is 0 Å². The number of carbonyl (C=O) groups is 3. The fraction of sp³-hybridized carbons (Fsp3) is 0.0800. The lowest BCUT2D eigenvalue weighted by Crippen LogP contribution is -2.36.